The molecule has 0 atom stereocenters. The van der Waals surface area contributed by atoms with Crippen LogP contribution in [0.4, 0.5) is 0 Å². The Hall–Kier alpha value is -3.54. The van der Waals surface area contributed by atoms with Crippen molar-refractivity contribution < 1.29 is 9.59 Å². The second-order valence-corrected chi connectivity index (χ2v) is 9.21. The normalized spacial score (nSPS) is 14.1. The quantitative estimate of drug-likeness (QED) is 0.601. The van der Waals surface area contributed by atoms with E-state index in [1.807, 2.05) is 42.2 Å². The van der Waals surface area contributed by atoms with Crippen molar-refractivity contribution in [1.82, 2.24) is 20.2 Å². The Bertz CT molecular complexity index is 1150. The van der Waals surface area contributed by atoms with E-state index in [2.05, 4.69) is 47.3 Å². The Labute approximate surface area is 201 Å². The molecule has 0 unspecified atom stereocenters. The number of hydrogen-bond acceptors (Lipinski definition) is 4. The highest BCUT2D eigenvalue weighted by molar-refractivity contribution is 5.95. The maximum Gasteiger partial charge on any atom is 0.254 e. The predicted molar refractivity (Wildman–Crippen MR) is 133 cm³/mol. The number of nitrogens with zero attached hydrogens (tertiary/aromatic N) is 3. The van der Waals surface area contributed by atoms with E-state index in [9.17, 15) is 9.59 Å². The summed E-state index contributed by atoms with van der Waals surface area (Å²) in [6.45, 7) is 7.76. The number of carbonyl (C=O) groups excluding carboxylic acids is 2. The summed E-state index contributed by atoms with van der Waals surface area (Å²) in [7, 11) is 0. The van der Waals surface area contributed by atoms with Crippen LogP contribution in [0.15, 0.2) is 54.7 Å². The van der Waals surface area contributed by atoms with Gasteiger partial charge in [0, 0.05) is 31.7 Å². The average molecular weight is 457 g/mol. The molecular weight excluding hydrogens is 424 g/mol. The Morgan fingerprint density at radius 1 is 0.971 bits per heavy atom. The first kappa shape index (κ1) is 23.6. The summed E-state index contributed by atoms with van der Waals surface area (Å²) >= 11 is 0. The van der Waals surface area contributed by atoms with E-state index in [0.29, 0.717) is 37.4 Å². The van der Waals surface area contributed by atoms with E-state index in [1.165, 1.54) is 11.1 Å². The number of carbonyl (C=O) groups is 2. The number of likely N-dealkylation sites (tertiary alicyclic amines) is 1. The first-order chi connectivity index (χ1) is 16.4. The highest BCUT2D eigenvalue weighted by Gasteiger charge is 2.28. The smallest absolute Gasteiger partial charge is 0.254 e. The van der Waals surface area contributed by atoms with Crippen molar-refractivity contribution in [2.75, 3.05) is 13.1 Å². The van der Waals surface area contributed by atoms with E-state index < -0.39 is 0 Å². The lowest BCUT2D eigenvalue weighted by molar-refractivity contribution is -0.131. The van der Waals surface area contributed by atoms with Crippen molar-refractivity contribution in [3.8, 4) is 0 Å². The first-order valence-corrected chi connectivity index (χ1v) is 11.9. The third-order valence-corrected chi connectivity index (χ3v) is 6.35. The molecule has 6 nitrogen and oxygen atoms in total. The molecule has 2 heterocycles. The summed E-state index contributed by atoms with van der Waals surface area (Å²) < 4.78 is 0. The molecule has 1 aliphatic rings. The zero-order chi connectivity index (χ0) is 24.1. The van der Waals surface area contributed by atoms with E-state index in [0.717, 1.165) is 29.7 Å². The Kier molecular flexibility index (Phi) is 7.36. The Morgan fingerprint density at radius 3 is 2.32 bits per heavy atom. The van der Waals surface area contributed by atoms with Crippen LogP contribution >= 0.6 is 0 Å². The lowest BCUT2D eigenvalue weighted by Gasteiger charge is -2.32. The van der Waals surface area contributed by atoms with Crippen LogP contribution in [-0.2, 0) is 17.8 Å². The van der Waals surface area contributed by atoms with Gasteiger partial charge in [0.05, 0.1) is 17.7 Å². The molecule has 0 aliphatic carbocycles. The van der Waals surface area contributed by atoms with Gasteiger partial charge in [0.15, 0.2) is 0 Å². The molecule has 1 saturated heterocycles. The minimum Gasteiger partial charge on any atom is -0.348 e. The summed E-state index contributed by atoms with van der Waals surface area (Å²) in [5.74, 6) is 0.777. The summed E-state index contributed by atoms with van der Waals surface area (Å²) in [5, 5.41) is 3.04. The number of piperidine rings is 1. The zero-order valence-corrected chi connectivity index (χ0v) is 20.2. The fourth-order valence-corrected chi connectivity index (χ4v) is 4.71. The van der Waals surface area contributed by atoms with Crippen molar-refractivity contribution >= 4 is 11.8 Å². The highest BCUT2D eigenvalue weighted by atomic mass is 16.2. The molecule has 3 aromatic rings. The monoisotopic (exact) mass is 456 g/mol. The van der Waals surface area contributed by atoms with Crippen molar-refractivity contribution in [2.24, 2.45) is 0 Å². The van der Waals surface area contributed by atoms with Crippen LogP contribution in [0.1, 0.15) is 62.9 Å². The second-order valence-electron chi connectivity index (χ2n) is 9.21. The summed E-state index contributed by atoms with van der Waals surface area (Å²) in [6, 6.07) is 16.1. The molecular formula is C28H32N4O2. The molecule has 0 radical (unpaired) electrons. The molecule has 2 aromatic carbocycles. The maximum absolute atomic E-state index is 13.1. The number of nitrogens with one attached hydrogen (secondary N) is 1. The van der Waals surface area contributed by atoms with Crippen molar-refractivity contribution in [2.45, 2.75) is 52.5 Å². The van der Waals surface area contributed by atoms with Gasteiger partial charge in [0.2, 0.25) is 5.91 Å². The first-order valence-electron chi connectivity index (χ1n) is 11.9. The zero-order valence-electron chi connectivity index (χ0n) is 20.2. The van der Waals surface area contributed by atoms with Gasteiger partial charge in [-0.3, -0.25) is 9.59 Å². The van der Waals surface area contributed by atoms with E-state index in [4.69, 9.17) is 0 Å². The summed E-state index contributed by atoms with van der Waals surface area (Å²) in [6.07, 6.45) is 3.63. The predicted octanol–water partition coefficient (Wildman–Crippen LogP) is 4.28. The molecule has 1 aromatic heterocycles. The third-order valence-electron chi connectivity index (χ3n) is 6.35. The Balaban J connectivity index is 1.41. The molecule has 2 amide bonds. The topological polar surface area (TPSA) is 75.2 Å². The fourth-order valence-electron chi connectivity index (χ4n) is 4.71. The largest absolute Gasteiger partial charge is 0.348 e. The van der Waals surface area contributed by atoms with Crippen LogP contribution in [0.2, 0.25) is 0 Å². The number of amides is 2. The number of aromatic nitrogens is 2. The molecule has 0 spiro atoms. The van der Waals surface area contributed by atoms with Crippen molar-refractivity contribution in [3.63, 3.8) is 0 Å². The van der Waals surface area contributed by atoms with Gasteiger partial charge in [0.1, 0.15) is 5.82 Å². The SMILES string of the molecule is Cc1cc(C)cc(CNC(=O)c2cnc(C)nc2C2CCN(C(=O)Cc3ccccc3)CC2)c1. The molecule has 176 valence electrons. The molecule has 1 N–H and O–H groups in total. The van der Waals surface area contributed by atoms with Gasteiger partial charge >= 0.3 is 0 Å². The molecule has 1 fully saturated rings. The molecule has 34 heavy (non-hydrogen) atoms. The number of hydrogen-bond donors (Lipinski definition) is 1. The van der Waals surface area contributed by atoms with E-state index >= 15 is 0 Å². The van der Waals surface area contributed by atoms with E-state index in [1.54, 1.807) is 6.20 Å². The van der Waals surface area contributed by atoms with Gasteiger partial charge in [-0.25, -0.2) is 9.97 Å². The highest BCUT2D eigenvalue weighted by Crippen LogP contribution is 2.29. The molecule has 0 saturated carbocycles. The van der Waals surface area contributed by atoms with Crippen LogP contribution in [-0.4, -0.2) is 39.8 Å². The molecule has 0 bridgehead atoms. The summed E-state index contributed by atoms with van der Waals surface area (Å²) in [5.41, 5.74) is 5.79. The maximum atomic E-state index is 13.1. The van der Waals surface area contributed by atoms with Crippen LogP contribution in [0.5, 0.6) is 0 Å². The van der Waals surface area contributed by atoms with Gasteiger partial charge in [0.25, 0.3) is 5.91 Å². The molecule has 6 heteroatoms. The lowest BCUT2D eigenvalue weighted by Crippen LogP contribution is -2.39. The third kappa shape index (κ3) is 5.87. The summed E-state index contributed by atoms with van der Waals surface area (Å²) in [4.78, 5) is 36.7. The minimum absolute atomic E-state index is 0.129. The van der Waals surface area contributed by atoms with Gasteiger partial charge in [-0.2, -0.15) is 0 Å². The average Bonchev–Trinajstić information content (AvgIpc) is 2.82. The van der Waals surface area contributed by atoms with Gasteiger partial charge in [-0.15, -0.1) is 0 Å². The fraction of sp³-hybridized carbons (Fsp3) is 0.357. The van der Waals surface area contributed by atoms with Crippen LogP contribution in [0.25, 0.3) is 0 Å². The van der Waals surface area contributed by atoms with Gasteiger partial charge in [-0.1, -0.05) is 59.7 Å². The van der Waals surface area contributed by atoms with Gasteiger partial charge in [-0.05, 0) is 44.7 Å². The standard InChI is InChI=1S/C28H32N4O2/c1-19-13-20(2)15-23(14-19)17-30-28(34)25-18-29-21(3)31-27(25)24-9-11-32(12-10-24)26(33)16-22-7-5-4-6-8-22/h4-8,13-15,18,24H,9-12,16-17H2,1-3H3,(H,30,34). The van der Waals surface area contributed by atoms with Crippen LogP contribution in [0.3, 0.4) is 0 Å². The van der Waals surface area contributed by atoms with Crippen LogP contribution < -0.4 is 5.32 Å². The number of rotatable bonds is 6. The number of benzene rings is 2. The lowest BCUT2D eigenvalue weighted by atomic mass is 9.90. The Morgan fingerprint density at radius 2 is 1.65 bits per heavy atom. The second kappa shape index (κ2) is 10.6. The minimum atomic E-state index is -0.156. The van der Waals surface area contributed by atoms with Gasteiger partial charge < -0.3 is 10.2 Å². The van der Waals surface area contributed by atoms with E-state index in [-0.39, 0.29) is 17.7 Å². The van der Waals surface area contributed by atoms with Crippen molar-refractivity contribution in [3.05, 3.63) is 94.1 Å². The molecule has 1 aliphatic heterocycles. The van der Waals surface area contributed by atoms with Crippen LogP contribution in [0, 0.1) is 20.8 Å². The van der Waals surface area contributed by atoms with Crippen molar-refractivity contribution in [1.29, 1.82) is 0 Å². The molecule has 4 rings (SSSR count). The number of aryl methyl sites for hydroxylation is 3.